The van der Waals surface area contributed by atoms with Crippen molar-refractivity contribution in [3.8, 4) is 34.1 Å². The van der Waals surface area contributed by atoms with Crippen LogP contribution in [-0.2, 0) is 0 Å². The van der Waals surface area contributed by atoms with E-state index in [2.05, 4.69) is 114 Å². The van der Waals surface area contributed by atoms with E-state index < -0.39 is 0 Å². The number of pyridine rings is 1. The number of aryl methyl sites for hydroxylation is 2. The van der Waals surface area contributed by atoms with Gasteiger partial charge in [-0.15, -0.1) is 0 Å². The third-order valence-corrected chi connectivity index (χ3v) is 8.87. The number of benzene rings is 6. The number of hydrogen-bond donors (Lipinski definition) is 2. The fourth-order valence-electron chi connectivity index (χ4n) is 6.91. The first-order valence-corrected chi connectivity index (χ1v) is 15.1. The maximum atomic E-state index is 10.6. The van der Waals surface area contributed by atoms with E-state index in [4.69, 9.17) is 9.97 Å². The second kappa shape index (κ2) is 9.53. The summed E-state index contributed by atoms with van der Waals surface area (Å²) in [5.74, 6) is 1.02. The lowest BCUT2D eigenvalue weighted by Gasteiger charge is -2.12. The van der Waals surface area contributed by atoms with Crippen LogP contribution in [0.4, 0.5) is 0 Å². The van der Waals surface area contributed by atoms with Gasteiger partial charge in [-0.25, -0.2) is 9.97 Å². The van der Waals surface area contributed by atoms with E-state index >= 15 is 0 Å². The van der Waals surface area contributed by atoms with Crippen molar-refractivity contribution in [1.29, 1.82) is 0 Å². The number of phenols is 1. The topological polar surface area (TPSA) is 66.7 Å². The summed E-state index contributed by atoms with van der Waals surface area (Å²) in [6, 6.07) is 41.9. The summed E-state index contributed by atoms with van der Waals surface area (Å²) in [6.45, 7) is 4.27. The number of aromatic amines is 1. The van der Waals surface area contributed by atoms with Gasteiger partial charge in [0.1, 0.15) is 17.1 Å². The van der Waals surface area contributed by atoms with Crippen molar-refractivity contribution in [3.05, 3.63) is 132 Å². The van der Waals surface area contributed by atoms with Crippen molar-refractivity contribution in [2.75, 3.05) is 0 Å². The van der Waals surface area contributed by atoms with Gasteiger partial charge in [-0.2, -0.15) is 0 Å². The van der Waals surface area contributed by atoms with Crippen LogP contribution in [0.3, 0.4) is 0 Å². The van der Waals surface area contributed by atoms with Gasteiger partial charge < -0.3 is 10.1 Å². The molecule has 0 saturated carbocycles. The average Bonchev–Trinajstić information content (AvgIpc) is 3.61. The number of hydrogen-bond acceptors (Lipinski definition) is 3. The molecule has 0 spiro atoms. The molecule has 9 rings (SSSR count). The van der Waals surface area contributed by atoms with Gasteiger partial charge in [0.05, 0.1) is 22.2 Å². The van der Waals surface area contributed by atoms with Crippen LogP contribution in [0.1, 0.15) is 11.1 Å². The number of para-hydroxylation sites is 3. The number of aromatic nitrogens is 4. The summed E-state index contributed by atoms with van der Waals surface area (Å²) in [4.78, 5) is 14.1. The number of phenolic OH excluding ortho intramolecular Hbond substituents is 1. The number of H-pyrrole nitrogens is 1. The molecule has 0 atom stereocenters. The first-order chi connectivity index (χ1) is 22.0. The van der Waals surface area contributed by atoms with Gasteiger partial charge in [-0.1, -0.05) is 72.8 Å². The van der Waals surface area contributed by atoms with Crippen LogP contribution in [0.25, 0.3) is 82.8 Å². The van der Waals surface area contributed by atoms with Crippen LogP contribution >= 0.6 is 0 Å². The molecule has 2 N–H and O–H groups in total. The Balaban J connectivity index is 1.36. The lowest BCUT2D eigenvalue weighted by atomic mass is 10.0. The molecule has 0 bridgehead atoms. The van der Waals surface area contributed by atoms with Crippen molar-refractivity contribution in [3.63, 3.8) is 0 Å². The van der Waals surface area contributed by atoms with Crippen LogP contribution in [0, 0.1) is 13.8 Å². The first kappa shape index (κ1) is 25.5. The summed E-state index contributed by atoms with van der Waals surface area (Å²) < 4.78 is 2.27. The summed E-state index contributed by atoms with van der Waals surface area (Å²) in [6.07, 6.45) is 0. The molecule has 0 aliphatic rings. The van der Waals surface area contributed by atoms with Gasteiger partial charge in [0, 0.05) is 38.5 Å². The monoisotopic (exact) mass is 580 g/mol. The predicted molar refractivity (Wildman–Crippen MR) is 185 cm³/mol. The van der Waals surface area contributed by atoms with Crippen LogP contribution < -0.4 is 0 Å². The molecular formula is C40H28N4O. The second-order valence-electron chi connectivity index (χ2n) is 11.9. The molecule has 6 aromatic carbocycles. The quantitative estimate of drug-likeness (QED) is 0.219. The predicted octanol–water partition coefficient (Wildman–Crippen LogP) is 10.0. The molecule has 214 valence electrons. The van der Waals surface area contributed by atoms with Crippen LogP contribution in [0.2, 0.25) is 0 Å². The highest BCUT2D eigenvalue weighted by Gasteiger charge is 2.21. The zero-order valence-electron chi connectivity index (χ0n) is 24.8. The lowest BCUT2D eigenvalue weighted by molar-refractivity contribution is 0.480. The molecule has 5 heteroatoms. The van der Waals surface area contributed by atoms with E-state index in [0.29, 0.717) is 5.52 Å². The standard InChI is InChI=1S/C40H28N4O/c1-23-18-24(2)20-28(19-23)44-35-14-7-12-30(33-17-16-25-10-5-15-36(45)37(25)41-33)39(35)43-40(44)31-13-6-11-29-32-21-26-8-3-4-9-27(26)22-34(32)42-38(29)31/h3-22,42,45H,1-2H3. The molecule has 9 aromatic rings. The van der Waals surface area contributed by atoms with Crippen LogP contribution in [-0.4, -0.2) is 24.6 Å². The van der Waals surface area contributed by atoms with E-state index in [0.717, 1.165) is 55.8 Å². The minimum atomic E-state index is 0.168. The Morgan fingerprint density at radius 1 is 0.600 bits per heavy atom. The molecule has 3 heterocycles. The molecule has 0 aliphatic carbocycles. The molecule has 0 fully saturated rings. The zero-order valence-corrected chi connectivity index (χ0v) is 24.8. The van der Waals surface area contributed by atoms with Crippen LogP contribution in [0.5, 0.6) is 5.75 Å². The fourth-order valence-corrected chi connectivity index (χ4v) is 6.91. The molecule has 5 nitrogen and oxygen atoms in total. The highest BCUT2D eigenvalue weighted by molar-refractivity contribution is 6.15. The number of imidazole rings is 1. The Morgan fingerprint density at radius 3 is 2.18 bits per heavy atom. The molecule has 45 heavy (non-hydrogen) atoms. The summed E-state index contributed by atoms with van der Waals surface area (Å²) in [5.41, 5.74) is 10.7. The summed E-state index contributed by atoms with van der Waals surface area (Å²) in [7, 11) is 0. The van der Waals surface area contributed by atoms with E-state index in [1.54, 1.807) is 6.07 Å². The molecule has 0 saturated heterocycles. The normalized spacial score (nSPS) is 11.9. The van der Waals surface area contributed by atoms with Crippen molar-refractivity contribution in [2.24, 2.45) is 0 Å². The van der Waals surface area contributed by atoms with Gasteiger partial charge in [0.25, 0.3) is 0 Å². The van der Waals surface area contributed by atoms with Crippen molar-refractivity contribution in [2.45, 2.75) is 13.8 Å². The highest BCUT2D eigenvalue weighted by Crippen LogP contribution is 2.39. The highest BCUT2D eigenvalue weighted by atomic mass is 16.3. The Hall–Kier alpha value is -5.94. The molecule has 0 unspecified atom stereocenters. The third-order valence-electron chi connectivity index (χ3n) is 8.87. The lowest BCUT2D eigenvalue weighted by Crippen LogP contribution is -1.99. The van der Waals surface area contributed by atoms with E-state index in [1.807, 2.05) is 24.3 Å². The van der Waals surface area contributed by atoms with E-state index in [1.165, 1.54) is 32.7 Å². The maximum absolute atomic E-state index is 10.6. The number of rotatable bonds is 3. The van der Waals surface area contributed by atoms with E-state index in [9.17, 15) is 5.11 Å². The maximum Gasteiger partial charge on any atom is 0.147 e. The third kappa shape index (κ3) is 3.94. The van der Waals surface area contributed by atoms with Crippen LogP contribution in [0.15, 0.2) is 121 Å². The number of aromatic hydroxyl groups is 1. The smallest absolute Gasteiger partial charge is 0.147 e. The Morgan fingerprint density at radius 2 is 1.33 bits per heavy atom. The van der Waals surface area contributed by atoms with Gasteiger partial charge in [0.2, 0.25) is 0 Å². The average molecular weight is 581 g/mol. The molecule has 0 radical (unpaired) electrons. The van der Waals surface area contributed by atoms with Crippen molar-refractivity contribution in [1.82, 2.24) is 19.5 Å². The minimum Gasteiger partial charge on any atom is -0.506 e. The number of nitrogens with one attached hydrogen (secondary N) is 1. The second-order valence-corrected chi connectivity index (χ2v) is 11.9. The van der Waals surface area contributed by atoms with Gasteiger partial charge in [-0.05, 0) is 84.3 Å². The first-order valence-electron chi connectivity index (χ1n) is 15.1. The Kier molecular flexibility index (Phi) is 5.41. The molecule has 3 aromatic heterocycles. The largest absolute Gasteiger partial charge is 0.506 e. The van der Waals surface area contributed by atoms with E-state index in [-0.39, 0.29) is 5.75 Å². The molecule has 0 amide bonds. The Labute approximate surface area is 259 Å². The fraction of sp³-hybridized carbons (Fsp3) is 0.0500. The zero-order chi connectivity index (χ0) is 30.2. The van der Waals surface area contributed by atoms with Gasteiger partial charge in [-0.3, -0.25) is 4.57 Å². The number of nitrogens with zero attached hydrogens (tertiary/aromatic N) is 3. The minimum absolute atomic E-state index is 0.168. The molecule has 0 aliphatic heterocycles. The number of fused-ring (bicyclic) bond motifs is 6. The SMILES string of the molecule is Cc1cc(C)cc(-n2c(-c3cccc4c3[nH]c3cc5ccccc5cc34)nc3c(-c4ccc5cccc(O)c5n4)cccc32)c1. The van der Waals surface area contributed by atoms with Crippen molar-refractivity contribution < 1.29 is 5.11 Å². The summed E-state index contributed by atoms with van der Waals surface area (Å²) >= 11 is 0. The van der Waals surface area contributed by atoms with Gasteiger partial charge in [0.15, 0.2) is 0 Å². The summed E-state index contributed by atoms with van der Waals surface area (Å²) in [5, 5.41) is 16.3. The molecular weight excluding hydrogens is 552 g/mol. The van der Waals surface area contributed by atoms with Gasteiger partial charge >= 0.3 is 0 Å². The van der Waals surface area contributed by atoms with Crippen molar-refractivity contribution >= 4 is 54.5 Å². The Bertz CT molecular complexity index is 2620.